The van der Waals surface area contributed by atoms with Crippen molar-refractivity contribution >= 4 is 5.82 Å². The van der Waals surface area contributed by atoms with Crippen molar-refractivity contribution in [1.82, 2.24) is 4.98 Å². The fourth-order valence-corrected chi connectivity index (χ4v) is 2.16. The van der Waals surface area contributed by atoms with Crippen LogP contribution in [-0.4, -0.2) is 10.1 Å². The molecule has 0 aliphatic heterocycles. The molecule has 3 N–H and O–H groups in total. The summed E-state index contributed by atoms with van der Waals surface area (Å²) in [6.45, 7) is 0. The van der Waals surface area contributed by atoms with Crippen molar-refractivity contribution in [1.29, 1.82) is 0 Å². The van der Waals surface area contributed by atoms with Gasteiger partial charge < -0.3 is 10.8 Å². The minimum Gasteiger partial charge on any atom is -0.507 e. The number of phenols is 1. The van der Waals surface area contributed by atoms with Crippen LogP contribution in [0.5, 0.6) is 5.75 Å². The Morgan fingerprint density at radius 3 is 2.59 bits per heavy atom. The van der Waals surface area contributed by atoms with E-state index in [0.29, 0.717) is 11.7 Å². The number of nitrogens with zero attached hydrogens (tertiary/aromatic N) is 1. The summed E-state index contributed by atoms with van der Waals surface area (Å²) < 4.78 is 0. The predicted octanol–water partition coefficient (Wildman–Crippen LogP) is 2.91. The number of pyridine rings is 1. The second-order valence-electron chi connectivity index (χ2n) is 4.46. The number of aromatic hydroxyl groups is 1. The first-order valence-electron chi connectivity index (χ1n) is 5.80. The Morgan fingerprint density at radius 2 is 1.88 bits per heavy atom. The Labute approximate surface area is 99.9 Å². The van der Waals surface area contributed by atoms with Crippen LogP contribution in [0.2, 0.25) is 0 Å². The van der Waals surface area contributed by atoms with Gasteiger partial charge in [-0.2, -0.15) is 0 Å². The molecule has 0 atom stereocenters. The Balaban J connectivity index is 2.18. The molecule has 1 aliphatic carbocycles. The number of aromatic nitrogens is 1. The summed E-state index contributed by atoms with van der Waals surface area (Å²) in [6.07, 6.45) is 2.39. The quantitative estimate of drug-likeness (QED) is 0.827. The summed E-state index contributed by atoms with van der Waals surface area (Å²) in [6, 6.07) is 11.2. The summed E-state index contributed by atoms with van der Waals surface area (Å²) in [5.74, 6) is 1.33. The maximum Gasteiger partial charge on any atom is 0.125 e. The van der Waals surface area contributed by atoms with Crippen molar-refractivity contribution < 1.29 is 5.11 Å². The standard InChI is InChI=1S/C14H14N2O/c15-13-6-2-4-11(16-13)14-10(9-7-8-9)3-1-5-12(14)17/h1-6,9,17H,7-8H2,(H2,15,16). The topological polar surface area (TPSA) is 59.1 Å². The van der Waals surface area contributed by atoms with Crippen LogP contribution in [0.4, 0.5) is 5.82 Å². The average molecular weight is 226 g/mol. The van der Waals surface area contributed by atoms with E-state index in [0.717, 1.165) is 11.3 Å². The summed E-state index contributed by atoms with van der Waals surface area (Å²) in [4.78, 5) is 4.29. The van der Waals surface area contributed by atoms with Gasteiger partial charge in [-0.05, 0) is 42.5 Å². The molecule has 0 saturated heterocycles. The van der Waals surface area contributed by atoms with Gasteiger partial charge in [0, 0.05) is 5.56 Å². The van der Waals surface area contributed by atoms with E-state index in [1.807, 2.05) is 18.2 Å². The lowest BCUT2D eigenvalue weighted by Crippen LogP contribution is -1.94. The maximum atomic E-state index is 10.0. The van der Waals surface area contributed by atoms with Gasteiger partial charge in [-0.25, -0.2) is 4.98 Å². The van der Waals surface area contributed by atoms with Crippen molar-refractivity contribution in [2.75, 3.05) is 5.73 Å². The minimum absolute atomic E-state index is 0.285. The second kappa shape index (κ2) is 3.77. The van der Waals surface area contributed by atoms with Crippen LogP contribution in [0.15, 0.2) is 36.4 Å². The van der Waals surface area contributed by atoms with Gasteiger partial charge in [-0.3, -0.25) is 0 Å². The normalized spacial score (nSPS) is 14.8. The van der Waals surface area contributed by atoms with E-state index in [9.17, 15) is 5.11 Å². The zero-order chi connectivity index (χ0) is 11.8. The van der Waals surface area contributed by atoms with Crippen LogP contribution < -0.4 is 5.73 Å². The van der Waals surface area contributed by atoms with Crippen molar-refractivity contribution in [3.63, 3.8) is 0 Å². The second-order valence-corrected chi connectivity index (χ2v) is 4.46. The summed E-state index contributed by atoms with van der Waals surface area (Å²) in [7, 11) is 0. The Kier molecular flexibility index (Phi) is 2.25. The highest BCUT2D eigenvalue weighted by Gasteiger charge is 2.27. The van der Waals surface area contributed by atoms with Crippen molar-refractivity contribution in [2.24, 2.45) is 0 Å². The van der Waals surface area contributed by atoms with Crippen molar-refractivity contribution in [2.45, 2.75) is 18.8 Å². The van der Waals surface area contributed by atoms with E-state index in [1.165, 1.54) is 18.4 Å². The number of phenolic OH excluding ortho intramolecular Hbond substituents is 1. The van der Waals surface area contributed by atoms with Crippen LogP contribution >= 0.6 is 0 Å². The largest absolute Gasteiger partial charge is 0.507 e. The summed E-state index contributed by atoms with van der Waals surface area (Å²) in [5.41, 5.74) is 8.47. The number of nitrogen functional groups attached to an aromatic ring is 1. The molecule has 2 aromatic rings. The fourth-order valence-electron chi connectivity index (χ4n) is 2.16. The third-order valence-electron chi connectivity index (χ3n) is 3.12. The van der Waals surface area contributed by atoms with Gasteiger partial charge in [-0.1, -0.05) is 18.2 Å². The summed E-state index contributed by atoms with van der Waals surface area (Å²) >= 11 is 0. The van der Waals surface area contributed by atoms with Crippen LogP contribution in [0.25, 0.3) is 11.3 Å². The first-order chi connectivity index (χ1) is 8.25. The van der Waals surface area contributed by atoms with E-state index in [1.54, 1.807) is 12.1 Å². The molecule has 1 aromatic heterocycles. The molecule has 1 aliphatic rings. The first kappa shape index (κ1) is 10.1. The highest BCUT2D eigenvalue weighted by atomic mass is 16.3. The molecule has 17 heavy (non-hydrogen) atoms. The van der Waals surface area contributed by atoms with Gasteiger partial charge in [0.25, 0.3) is 0 Å². The molecule has 0 spiro atoms. The molecule has 3 rings (SSSR count). The molecule has 0 amide bonds. The number of hydrogen-bond donors (Lipinski definition) is 2. The SMILES string of the molecule is Nc1cccc(-c2c(O)cccc2C2CC2)n1. The third kappa shape index (κ3) is 1.84. The monoisotopic (exact) mass is 226 g/mol. The average Bonchev–Trinajstić information content (AvgIpc) is 3.12. The number of rotatable bonds is 2. The van der Waals surface area contributed by atoms with Crippen molar-refractivity contribution in [3.05, 3.63) is 42.0 Å². The zero-order valence-electron chi connectivity index (χ0n) is 9.43. The fraction of sp³-hybridized carbons (Fsp3) is 0.214. The first-order valence-corrected chi connectivity index (χ1v) is 5.80. The van der Waals surface area contributed by atoms with Gasteiger partial charge in [0.2, 0.25) is 0 Å². The number of hydrogen-bond acceptors (Lipinski definition) is 3. The molecule has 0 bridgehead atoms. The number of nitrogens with two attached hydrogens (primary N) is 1. The smallest absolute Gasteiger partial charge is 0.125 e. The molecule has 0 unspecified atom stereocenters. The maximum absolute atomic E-state index is 10.0. The lowest BCUT2D eigenvalue weighted by molar-refractivity contribution is 0.476. The molecule has 1 heterocycles. The van der Waals surface area contributed by atoms with E-state index < -0.39 is 0 Å². The Morgan fingerprint density at radius 1 is 1.12 bits per heavy atom. The zero-order valence-corrected chi connectivity index (χ0v) is 9.43. The summed E-state index contributed by atoms with van der Waals surface area (Å²) in [5, 5.41) is 10.0. The minimum atomic E-state index is 0.285. The highest BCUT2D eigenvalue weighted by Crippen LogP contribution is 2.46. The molecule has 1 aromatic carbocycles. The van der Waals surface area contributed by atoms with E-state index in [2.05, 4.69) is 11.1 Å². The van der Waals surface area contributed by atoms with Gasteiger partial charge in [0.05, 0.1) is 5.69 Å². The Hall–Kier alpha value is -2.03. The van der Waals surface area contributed by atoms with Crippen molar-refractivity contribution in [3.8, 4) is 17.0 Å². The predicted molar refractivity (Wildman–Crippen MR) is 67.7 cm³/mol. The van der Waals surface area contributed by atoms with Gasteiger partial charge in [-0.15, -0.1) is 0 Å². The molecule has 1 saturated carbocycles. The molecule has 1 fully saturated rings. The van der Waals surface area contributed by atoms with E-state index >= 15 is 0 Å². The molecular weight excluding hydrogens is 212 g/mol. The van der Waals surface area contributed by atoms with Crippen LogP contribution in [0.3, 0.4) is 0 Å². The van der Waals surface area contributed by atoms with Gasteiger partial charge in [0.15, 0.2) is 0 Å². The molecule has 86 valence electrons. The number of anilines is 1. The molecular formula is C14H14N2O. The molecule has 3 heteroatoms. The lowest BCUT2D eigenvalue weighted by atomic mass is 9.99. The third-order valence-corrected chi connectivity index (χ3v) is 3.12. The Bertz CT molecular complexity index is 562. The van der Waals surface area contributed by atoms with E-state index in [4.69, 9.17) is 5.73 Å². The van der Waals surface area contributed by atoms with Crippen LogP contribution in [0, 0.1) is 0 Å². The van der Waals surface area contributed by atoms with Crippen LogP contribution in [0.1, 0.15) is 24.3 Å². The van der Waals surface area contributed by atoms with Crippen LogP contribution in [-0.2, 0) is 0 Å². The highest BCUT2D eigenvalue weighted by molar-refractivity contribution is 5.72. The molecule has 0 radical (unpaired) electrons. The van der Waals surface area contributed by atoms with Gasteiger partial charge >= 0.3 is 0 Å². The molecule has 3 nitrogen and oxygen atoms in total. The number of benzene rings is 1. The lowest BCUT2D eigenvalue weighted by Gasteiger charge is -2.10. The van der Waals surface area contributed by atoms with Gasteiger partial charge in [0.1, 0.15) is 11.6 Å². The van der Waals surface area contributed by atoms with E-state index in [-0.39, 0.29) is 5.75 Å².